The number of nitrogen functional groups attached to an aromatic ring is 1. The number of aromatic nitrogens is 1. The van der Waals surface area contributed by atoms with Gasteiger partial charge < -0.3 is 4.42 Å². The monoisotopic (exact) mass is 297 g/mol. The van der Waals surface area contributed by atoms with Crippen LogP contribution < -0.4 is 11.3 Å². The molecule has 0 radical (unpaired) electrons. The average Bonchev–Trinajstić information content (AvgIpc) is 2.78. The SMILES string of the molecule is Cc1oc(CSc2ccc(Cl)cn2)cc1C(=O)NN. The van der Waals surface area contributed by atoms with Crippen molar-refractivity contribution in [3.05, 3.63) is 46.5 Å². The zero-order chi connectivity index (χ0) is 13.8. The molecule has 2 rings (SSSR count). The molecule has 7 heteroatoms. The van der Waals surface area contributed by atoms with Crippen LogP contribution in [0.15, 0.2) is 33.8 Å². The van der Waals surface area contributed by atoms with Crippen LogP contribution in [-0.2, 0) is 5.75 Å². The van der Waals surface area contributed by atoms with Crippen LogP contribution in [0.5, 0.6) is 0 Å². The van der Waals surface area contributed by atoms with Crippen LogP contribution in [0.4, 0.5) is 0 Å². The van der Waals surface area contributed by atoms with Gasteiger partial charge in [0.1, 0.15) is 11.5 Å². The lowest BCUT2D eigenvalue weighted by molar-refractivity contribution is 0.0952. The summed E-state index contributed by atoms with van der Waals surface area (Å²) in [6.45, 7) is 1.72. The van der Waals surface area contributed by atoms with Gasteiger partial charge in [-0.3, -0.25) is 10.2 Å². The maximum atomic E-state index is 11.4. The summed E-state index contributed by atoms with van der Waals surface area (Å²) in [6, 6.07) is 5.29. The van der Waals surface area contributed by atoms with E-state index in [0.717, 1.165) is 5.03 Å². The van der Waals surface area contributed by atoms with E-state index in [4.69, 9.17) is 21.9 Å². The Morgan fingerprint density at radius 2 is 2.37 bits per heavy atom. The van der Waals surface area contributed by atoms with E-state index >= 15 is 0 Å². The van der Waals surface area contributed by atoms with E-state index in [-0.39, 0.29) is 5.91 Å². The Bertz CT molecular complexity index is 583. The highest BCUT2D eigenvalue weighted by molar-refractivity contribution is 7.98. The number of nitrogens with zero attached hydrogens (tertiary/aromatic N) is 1. The Labute approximate surface area is 119 Å². The number of carbonyl (C=O) groups excluding carboxylic acids is 1. The number of nitrogens with two attached hydrogens (primary N) is 1. The summed E-state index contributed by atoms with van der Waals surface area (Å²) < 4.78 is 5.49. The van der Waals surface area contributed by atoms with Crippen molar-refractivity contribution >= 4 is 29.3 Å². The molecule has 2 aromatic heterocycles. The molecular weight excluding hydrogens is 286 g/mol. The number of amides is 1. The molecule has 19 heavy (non-hydrogen) atoms. The first kappa shape index (κ1) is 13.9. The second kappa shape index (κ2) is 6.10. The Balaban J connectivity index is 2.04. The molecular formula is C12H12ClN3O2S. The molecule has 100 valence electrons. The summed E-state index contributed by atoms with van der Waals surface area (Å²) in [5, 5.41) is 1.43. The summed E-state index contributed by atoms with van der Waals surface area (Å²) in [5.74, 6) is 6.55. The number of hydrogen-bond acceptors (Lipinski definition) is 5. The predicted molar refractivity (Wildman–Crippen MR) is 73.9 cm³/mol. The largest absolute Gasteiger partial charge is 0.465 e. The zero-order valence-electron chi connectivity index (χ0n) is 10.1. The Morgan fingerprint density at radius 3 is 3.00 bits per heavy atom. The van der Waals surface area contributed by atoms with Crippen LogP contribution >= 0.6 is 23.4 Å². The number of thioether (sulfide) groups is 1. The van der Waals surface area contributed by atoms with Crippen molar-refractivity contribution in [1.82, 2.24) is 10.4 Å². The number of furan rings is 1. The first-order valence-corrected chi connectivity index (χ1v) is 6.81. The molecule has 0 aliphatic rings. The van der Waals surface area contributed by atoms with Crippen LogP contribution in [0, 0.1) is 6.92 Å². The van der Waals surface area contributed by atoms with Crippen LogP contribution in [-0.4, -0.2) is 10.9 Å². The van der Waals surface area contributed by atoms with Crippen molar-refractivity contribution < 1.29 is 9.21 Å². The van der Waals surface area contributed by atoms with Crippen LogP contribution in [0.2, 0.25) is 5.02 Å². The first-order valence-electron chi connectivity index (χ1n) is 5.44. The maximum Gasteiger partial charge on any atom is 0.268 e. The highest BCUT2D eigenvalue weighted by atomic mass is 35.5. The third-order valence-corrected chi connectivity index (χ3v) is 3.60. The van der Waals surface area contributed by atoms with Gasteiger partial charge in [0.05, 0.1) is 21.4 Å². The molecule has 1 amide bonds. The van der Waals surface area contributed by atoms with Crippen molar-refractivity contribution in [3.8, 4) is 0 Å². The Kier molecular flexibility index (Phi) is 4.47. The van der Waals surface area contributed by atoms with Crippen molar-refractivity contribution in [2.24, 2.45) is 5.84 Å². The number of carbonyl (C=O) groups is 1. The van der Waals surface area contributed by atoms with Gasteiger partial charge in [-0.05, 0) is 25.1 Å². The fraction of sp³-hybridized carbons (Fsp3) is 0.167. The molecule has 0 aromatic carbocycles. The lowest BCUT2D eigenvalue weighted by Gasteiger charge is -1.98. The van der Waals surface area contributed by atoms with Gasteiger partial charge >= 0.3 is 0 Å². The summed E-state index contributed by atoms with van der Waals surface area (Å²) >= 11 is 7.25. The van der Waals surface area contributed by atoms with Gasteiger partial charge in [0.2, 0.25) is 0 Å². The number of hydrogen-bond donors (Lipinski definition) is 2. The topological polar surface area (TPSA) is 81.2 Å². The summed E-state index contributed by atoms with van der Waals surface area (Å²) in [7, 11) is 0. The fourth-order valence-electron chi connectivity index (χ4n) is 1.51. The minimum atomic E-state index is -0.359. The van der Waals surface area contributed by atoms with Crippen molar-refractivity contribution in [2.75, 3.05) is 0 Å². The molecule has 0 fully saturated rings. The second-order valence-corrected chi connectivity index (χ2v) is 5.19. The van der Waals surface area contributed by atoms with Gasteiger partial charge in [0, 0.05) is 6.20 Å². The van der Waals surface area contributed by atoms with E-state index < -0.39 is 0 Å². The smallest absolute Gasteiger partial charge is 0.268 e. The van der Waals surface area contributed by atoms with Crippen molar-refractivity contribution in [3.63, 3.8) is 0 Å². The Morgan fingerprint density at radius 1 is 1.58 bits per heavy atom. The molecule has 0 aliphatic carbocycles. The van der Waals surface area contributed by atoms with Gasteiger partial charge in [0.25, 0.3) is 5.91 Å². The Hall–Kier alpha value is -1.50. The predicted octanol–water partition coefficient (Wildman–Crippen LogP) is 2.53. The fourth-order valence-corrected chi connectivity index (χ4v) is 2.35. The molecule has 0 atom stereocenters. The minimum absolute atomic E-state index is 0.359. The van der Waals surface area contributed by atoms with Gasteiger partial charge in [-0.15, -0.1) is 0 Å². The third kappa shape index (κ3) is 3.50. The van der Waals surface area contributed by atoms with Crippen LogP contribution in [0.1, 0.15) is 21.9 Å². The average molecular weight is 298 g/mol. The normalized spacial score (nSPS) is 10.5. The molecule has 3 N–H and O–H groups in total. The molecule has 2 heterocycles. The van der Waals surface area contributed by atoms with Crippen LogP contribution in [0.3, 0.4) is 0 Å². The number of aryl methyl sites for hydroxylation is 1. The van der Waals surface area contributed by atoms with Gasteiger partial charge in [-0.2, -0.15) is 0 Å². The van der Waals surface area contributed by atoms with Crippen LogP contribution in [0.25, 0.3) is 0 Å². The lowest BCUT2D eigenvalue weighted by atomic mass is 10.2. The van der Waals surface area contributed by atoms with E-state index in [1.165, 1.54) is 11.8 Å². The quantitative estimate of drug-likeness (QED) is 0.392. The second-order valence-electron chi connectivity index (χ2n) is 3.76. The highest BCUT2D eigenvalue weighted by Gasteiger charge is 2.14. The number of hydrazine groups is 1. The molecule has 2 aromatic rings. The zero-order valence-corrected chi connectivity index (χ0v) is 11.7. The number of rotatable bonds is 4. The van der Waals surface area contributed by atoms with E-state index in [2.05, 4.69) is 10.4 Å². The van der Waals surface area contributed by atoms with Gasteiger partial charge in [0.15, 0.2) is 0 Å². The van der Waals surface area contributed by atoms with Gasteiger partial charge in [-0.25, -0.2) is 10.8 Å². The molecule has 0 saturated carbocycles. The first-order chi connectivity index (χ1) is 9.10. The van der Waals surface area contributed by atoms with E-state index in [1.54, 1.807) is 25.3 Å². The number of halogens is 1. The third-order valence-electron chi connectivity index (χ3n) is 2.41. The lowest BCUT2D eigenvalue weighted by Crippen LogP contribution is -2.30. The summed E-state index contributed by atoms with van der Waals surface area (Å²) in [4.78, 5) is 15.6. The maximum absolute atomic E-state index is 11.4. The summed E-state index contributed by atoms with van der Waals surface area (Å²) in [6.07, 6.45) is 1.59. The van der Waals surface area contributed by atoms with Crippen molar-refractivity contribution in [2.45, 2.75) is 17.7 Å². The highest BCUT2D eigenvalue weighted by Crippen LogP contribution is 2.24. The molecule has 0 aliphatic heterocycles. The van der Waals surface area contributed by atoms with E-state index in [0.29, 0.717) is 27.9 Å². The standard InChI is InChI=1S/C12H12ClN3O2S/c1-7-10(12(17)16-14)4-9(18-7)6-19-11-3-2-8(13)5-15-11/h2-5H,6,14H2,1H3,(H,16,17). The number of nitrogens with one attached hydrogen (secondary N) is 1. The van der Waals surface area contributed by atoms with E-state index in [1.807, 2.05) is 6.07 Å². The van der Waals surface area contributed by atoms with Gasteiger partial charge in [-0.1, -0.05) is 23.4 Å². The van der Waals surface area contributed by atoms with Crippen molar-refractivity contribution in [1.29, 1.82) is 0 Å². The molecule has 0 saturated heterocycles. The molecule has 0 unspecified atom stereocenters. The molecule has 5 nitrogen and oxygen atoms in total. The summed E-state index contributed by atoms with van der Waals surface area (Å²) in [5.41, 5.74) is 2.53. The minimum Gasteiger partial charge on any atom is -0.465 e. The number of pyridine rings is 1. The van der Waals surface area contributed by atoms with E-state index in [9.17, 15) is 4.79 Å². The molecule has 0 bridgehead atoms. The molecule has 0 spiro atoms.